The van der Waals surface area contributed by atoms with Gasteiger partial charge in [0.25, 0.3) is 0 Å². The summed E-state index contributed by atoms with van der Waals surface area (Å²) in [6.45, 7) is 0. The Bertz CT molecular complexity index is 644. The van der Waals surface area contributed by atoms with Crippen molar-refractivity contribution in [3.63, 3.8) is 0 Å². The molecule has 0 saturated carbocycles. The summed E-state index contributed by atoms with van der Waals surface area (Å²) in [4.78, 5) is 12.4. The second kappa shape index (κ2) is 6.20. The minimum absolute atomic E-state index is 0.361. The molecule has 0 atom stereocenters. The Hall–Kier alpha value is -2.35. The van der Waals surface area contributed by atoms with E-state index in [2.05, 4.69) is 4.99 Å². The maximum Gasteiger partial charge on any atom is 0.336 e. The van der Waals surface area contributed by atoms with Crippen LogP contribution < -0.4 is 5.32 Å². The van der Waals surface area contributed by atoms with Crippen LogP contribution in [-0.2, 0) is 0 Å². The average Bonchev–Trinajstić information content (AvgIpc) is 2.41. The lowest BCUT2D eigenvalue weighted by molar-refractivity contribution is -0.387. The van der Waals surface area contributed by atoms with Gasteiger partial charge in [-0.05, 0) is 6.26 Å². The molecule has 1 aromatic rings. The van der Waals surface area contributed by atoms with Crippen molar-refractivity contribution >= 4 is 28.3 Å². The van der Waals surface area contributed by atoms with E-state index in [0.29, 0.717) is 0 Å². The summed E-state index contributed by atoms with van der Waals surface area (Å²) in [7, 11) is 0. The molecular weight excluding hydrogens is 304 g/mol. The highest BCUT2D eigenvalue weighted by atomic mass is 32.2. The zero-order valence-electron chi connectivity index (χ0n) is 9.58. The van der Waals surface area contributed by atoms with E-state index >= 15 is 0 Å². The van der Waals surface area contributed by atoms with Crippen molar-refractivity contribution in [3.05, 3.63) is 33.4 Å². The second-order valence-electron chi connectivity index (χ2n) is 3.07. The van der Waals surface area contributed by atoms with E-state index in [-0.39, 0.29) is 5.17 Å². The number of benzene rings is 1. The van der Waals surface area contributed by atoms with Crippen LogP contribution in [0.4, 0.5) is 28.9 Å². The predicted molar refractivity (Wildman–Crippen MR) is 62.3 cm³/mol. The quantitative estimate of drug-likeness (QED) is 0.104. The number of nitro benzene ring substituents is 1. The third kappa shape index (κ3) is 2.80. The molecule has 106 valence electrons. The van der Waals surface area contributed by atoms with Crippen molar-refractivity contribution in [1.29, 1.82) is 5.26 Å². The SMILES string of the molecule is CSC(=Nc1c(F)c(F)c(F)c(F)c1[N+](=O)[O-])NC#N. The second-order valence-corrected chi connectivity index (χ2v) is 3.86. The molecule has 1 rings (SSSR count). The highest BCUT2D eigenvalue weighted by Crippen LogP contribution is 2.37. The van der Waals surface area contributed by atoms with Crippen molar-refractivity contribution in [2.45, 2.75) is 0 Å². The molecule has 0 unspecified atom stereocenters. The molecule has 0 aromatic heterocycles. The van der Waals surface area contributed by atoms with Gasteiger partial charge in [0.2, 0.25) is 11.6 Å². The lowest BCUT2D eigenvalue weighted by Crippen LogP contribution is -2.13. The topological polar surface area (TPSA) is 91.3 Å². The molecule has 20 heavy (non-hydrogen) atoms. The number of nitro groups is 1. The summed E-state index contributed by atoms with van der Waals surface area (Å²) in [6.07, 6.45) is 2.76. The Balaban J connectivity index is 3.69. The molecule has 0 aliphatic carbocycles. The number of aliphatic imine (C=N–C) groups is 1. The first-order valence-corrected chi connectivity index (χ1v) is 5.85. The van der Waals surface area contributed by atoms with Crippen LogP contribution >= 0.6 is 11.8 Å². The zero-order chi connectivity index (χ0) is 15.4. The number of halogens is 4. The van der Waals surface area contributed by atoms with Crippen LogP contribution in [0.25, 0.3) is 0 Å². The highest BCUT2D eigenvalue weighted by molar-refractivity contribution is 8.13. The smallest absolute Gasteiger partial charge is 0.271 e. The van der Waals surface area contributed by atoms with Crippen LogP contribution in [0.3, 0.4) is 0 Å². The van der Waals surface area contributed by atoms with Gasteiger partial charge in [-0.1, -0.05) is 11.8 Å². The Labute approximate surface area is 113 Å². The van der Waals surface area contributed by atoms with Crippen molar-refractivity contribution in [1.82, 2.24) is 5.32 Å². The maximum atomic E-state index is 13.5. The van der Waals surface area contributed by atoms with Gasteiger partial charge in [-0.2, -0.15) is 9.65 Å². The van der Waals surface area contributed by atoms with Crippen molar-refractivity contribution in [3.8, 4) is 6.19 Å². The summed E-state index contributed by atoms with van der Waals surface area (Å²) in [5.74, 6) is -8.75. The molecule has 0 aliphatic heterocycles. The molecule has 0 aliphatic rings. The lowest BCUT2D eigenvalue weighted by Gasteiger charge is -2.05. The molecule has 0 radical (unpaired) electrons. The zero-order valence-corrected chi connectivity index (χ0v) is 10.4. The van der Waals surface area contributed by atoms with Crippen molar-refractivity contribution in [2.75, 3.05) is 6.26 Å². The summed E-state index contributed by atoms with van der Waals surface area (Å²) in [6, 6.07) is 0. The van der Waals surface area contributed by atoms with E-state index in [0.717, 1.165) is 11.8 Å². The lowest BCUT2D eigenvalue weighted by atomic mass is 10.2. The molecule has 1 N–H and O–H groups in total. The summed E-state index contributed by atoms with van der Waals surface area (Å²) >= 11 is 0.723. The normalized spacial score (nSPS) is 11.1. The first kappa shape index (κ1) is 15.7. The fraction of sp³-hybridized carbons (Fsp3) is 0.111. The fourth-order valence-electron chi connectivity index (χ4n) is 1.15. The van der Waals surface area contributed by atoms with E-state index in [1.54, 1.807) is 0 Å². The van der Waals surface area contributed by atoms with E-state index < -0.39 is 39.6 Å². The van der Waals surface area contributed by atoms with Crippen molar-refractivity contribution < 1.29 is 22.5 Å². The standard InChI is InChI=1S/C9H4F4N4O2S/c1-20-9(15-2-14)16-7-5(12)3(10)4(11)6(13)8(7)17(18)19/h1H3,(H,15,16). The number of thioether (sulfide) groups is 1. The van der Waals surface area contributed by atoms with Gasteiger partial charge >= 0.3 is 5.69 Å². The Morgan fingerprint density at radius 3 is 2.30 bits per heavy atom. The summed E-state index contributed by atoms with van der Waals surface area (Å²) < 4.78 is 52.8. The maximum absolute atomic E-state index is 13.5. The van der Waals surface area contributed by atoms with Gasteiger partial charge in [-0.15, -0.1) is 0 Å². The van der Waals surface area contributed by atoms with Crippen molar-refractivity contribution in [2.24, 2.45) is 4.99 Å². The van der Waals surface area contributed by atoms with Gasteiger partial charge in [0, 0.05) is 0 Å². The van der Waals surface area contributed by atoms with Gasteiger partial charge < -0.3 is 0 Å². The molecule has 0 amide bonds. The molecule has 0 spiro atoms. The number of nitriles is 1. The van der Waals surface area contributed by atoms with Gasteiger partial charge in [-0.3, -0.25) is 15.4 Å². The number of hydrogen-bond acceptors (Lipinski definition) is 5. The minimum Gasteiger partial charge on any atom is -0.271 e. The van der Waals surface area contributed by atoms with E-state index in [4.69, 9.17) is 5.26 Å². The minimum atomic E-state index is -2.31. The number of nitrogens with zero attached hydrogens (tertiary/aromatic N) is 3. The first-order chi connectivity index (χ1) is 9.34. The van der Waals surface area contributed by atoms with E-state index in [1.165, 1.54) is 12.4 Å². The van der Waals surface area contributed by atoms with Gasteiger partial charge in [0.15, 0.2) is 28.7 Å². The molecule has 6 nitrogen and oxygen atoms in total. The summed E-state index contributed by atoms with van der Waals surface area (Å²) in [5.41, 5.74) is -3.01. The number of hydrogen-bond donors (Lipinski definition) is 1. The van der Waals surface area contributed by atoms with Crippen LogP contribution in [0.2, 0.25) is 0 Å². The van der Waals surface area contributed by atoms with Crippen LogP contribution in [0.15, 0.2) is 4.99 Å². The Kier molecular flexibility index (Phi) is 4.87. The van der Waals surface area contributed by atoms with Gasteiger partial charge in [0.05, 0.1) is 4.92 Å². The monoisotopic (exact) mass is 308 g/mol. The highest BCUT2D eigenvalue weighted by Gasteiger charge is 2.33. The molecule has 0 fully saturated rings. The largest absolute Gasteiger partial charge is 0.336 e. The van der Waals surface area contributed by atoms with Crippen LogP contribution in [-0.4, -0.2) is 16.3 Å². The number of rotatable bonds is 2. The molecule has 11 heteroatoms. The molecule has 0 bridgehead atoms. The van der Waals surface area contributed by atoms with Gasteiger partial charge in [-0.25, -0.2) is 18.2 Å². The number of nitrogens with one attached hydrogen (secondary N) is 1. The Morgan fingerprint density at radius 2 is 1.85 bits per heavy atom. The third-order valence-electron chi connectivity index (χ3n) is 1.97. The molecule has 0 saturated heterocycles. The summed E-state index contributed by atoms with van der Waals surface area (Å²) in [5, 5.41) is 20.5. The van der Waals surface area contributed by atoms with Gasteiger partial charge in [0.1, 0.15) is 0 Å². The Morgan fingerprint density at radius 1 is 1.30 bits per heavy atom. The first-order valence-electron chi connectivity index (χ1n) is 4.63. The fourth-order valence-corrected chi connectivity index (χ4v) is 1.48. The van der Waals surface area contributed by atoms with E-state index in [9.17, 15) is 27.7 Å². The third-order valence-corrected chi connectivity index (χ3v) is 2.55. The molecular formula is C9H4F4N4O2S. The molecule has 0 heterocycles. The number of amidine groups is 1. The van der Waals surface area contributed by atoms with Crippen LogP contribution in [0.1, 0.15) is 0 Å². The predicted octanol–water partition coefficient (Wildman–Crippen LogP) is 2.57. The van der Waals surface area contributed by atoms with Crippen LogP contribution in [0, 0.1) is 44.8 Å². The van der Waals surface area contributed by atoms with Crippen LogP contribution in [0.5, 0.6) is 0 Å². The van der Waals surface area contributed by atoms with E-state index in [1.807, 2.05) is 5.32 Å². The average molecular weight is 308 g/mol. The molecule has 1 aromatic carbocycles.